The number of aryl methyl sites for hydroxylation is 1. The van der Waals surface area contributed by atoms with Gasteiger partial charge in [-0.2, -0.15) is 10.4 Å². The Kier molecular flexibility index (Phi) is 4.89. The third kappa shape index (κ3) is 2.94. The number of hydrogen-bond acceptors (Lipinski definition) is 4. The highest BCUT2D eigenvalue weighted by Crippen LogP contribution is 2.21. The van der Waals surface area contributed by atoms with E-state index in [0.29, 0.717) is 5.56 Å². The molecule has 0 radical (unpaired) electrons. The number of anilines is 1. The van der Waals surface area contributed by atoms with Gasteiger partial charge >= 0.3 is 0 Å². The predicted molar refractivity (Wildman–Crippen MR) is 69.0 cm³/mol. The SMILES string of the molecule is CCCCN(CC)c1nnc(C)c(C)c1C#N. The summed E-state index contributed by atoms with van der Waals surface area (Å²) in [6.07, 6.45) is 2.24. The zero-order valence-corrected chi connectivity index (χ0v) is 11.1. The third-order valence-corrected chi connectivity index (χ3v) is 3.01. The molecular formula is C13H20N4. The second-order valence-corrected chi connectivity index (χ2v) is 4.15. The standard InChI is InChI=1S/C13H20N4/c1-5-7-8-17(6-2)13-12(9-14)10(3)11(4)15-16-13/h5-8H2,1-4H3. The molecule has 0 saturated heterocycles. The van der Waals surface area contributed by atoms with E-state index >= 15 is 0 Å². The highest BCUT2D eigenvalue weighted by molar-refractivity contribution is 5.57. The summed E-state index contributed by atoms with van der Waals surface area (Å²) in [5.41, 5.74) is 2.43. The fourth-order valence-corrected chi connectivity index (χ4v) is 1.71. The average Bonchev–Trinajstić information content (AvgIpc) is 2.34. The van der Waals surface area contributed by atoms with Gasteiger partial charge in [0.2, 0.25) is 0 Å². The van der Waals surface area contributed by atoms with Crippen molar-refractivity contribution >= 4 is 5.82 Å². The first kappa shape index (κ1) is 13.4. The molecule has 0 unspecified atom stereocenters. The van der Waals surface area contributed by atoms with Crippen molar-refractivity contribution in [2.24, 2.45) is 0 Å². The molecule has 17 heavy (non-hydrogen) atoms. The highest BCUT2D eigenvalue weighted by atomic mass is 15.3. The van der Waals surface area contributed by atoms with Crippen molar-refractivity contribution in [3.8, 4) is 6.07 Å². The van der Waals surface area contributed by atoms with Crippen LogP contribution in [0, 0.1) is 25.2 Å². The van der Waals surface area contributed by atoms with E-state index in [9.17, 15) is 5.26 Å². The molecule has 0 N–H and O–H groups in total. The molecule has 4 heteroatoms. The molecule has 4 nitrogen and oxygen atoms in total. The fourth-order valence-electron chi connectivity index (χ4n) is 1.71. The molecule has 1 rings (SSSR count). The molecule has 92 valence electrons. The molecular weight excluding hydrogens is 212 g/mol. The van der Waals surface area contributed by atoms with Crippen molar-refractivity contribution in [1.82, 2.24) is 10.2 Å². The Hall–Kier alpha value is -1.63. The lowest BCUT2D eigenvalue weighted by Gasteiger charge is -2.22. The van der Waals surface area contributed by atoms with E-state index in [1.54, 1.807) is 0 Å². The number of aromatic nitrogens is 2. The van der Waals surface area contributed by atoms with Crippen LogP contribution >= 0.6 is 0 Å². The Morgan fingerprint density at radius 3 is 2.47 bits per heavy atom. The van der Waals surface area contributed by atoms with Crippen LogP contribution in [0.3, 0.4) is 0 Å². The van der Waals surface area contributed by atoms with E-state index in [4.69, 9.17) is 0 Å². The van der Waals surface area contributed by atoms with Gasteiger partial charge in [0.1, 0.15) is 11.6 Å². The van der Waals surface area contributed by atoms with E-state index < -0.39 is 0 Å². The van der Waals surface area contributed by atoms with Gasteiger partial charge in [0, 0.05) is 13.1 Å². The Morgan fingerprint density at radius 1 is 1.24 bits per heavy atom. The van der Waals surface area contributed by atoms with Crippen LogP contribution in [0.4, 0.5) is 5.82 Å². The molecule has 1 aromatic rings. The van der Waals surface area contributed by atoms with Gasteiger partial charge in [0.25, 0.3) is 0 Å². The van der Waals surface area contributed by atoms with E-state index in [-0.39, 0.29) is 0 Å². The van der Waals surface area contributed by atoms with Gasteiger partial charge in [0.15, 0.2) is 5.82 Å². The van der Waals surface area contributed by atoms with Gasteiger partial charge in [-0.15, -0.1) is 5.10 Å². The summed E-state index contributed by atoms with van der Waals surface area (Å²) in [5.74, 6) is 0.728. The second kappa shape index (κ2) is 6.19. The summed E-state index contributed by atoms with van der Waals surface area (Å²) in [4.78, 5) is 2.13. The maximum absolute atomic E-state index is 9.25. The smallest absolute Gasteiger partial charge is 0.169 e. The van der Waals surface area contributed by atoms with Crippen molar-refractivity contribution in [1.29, 1.82) is 5.26 Å². The third-order valence-electron chi connectivity index (χ3n) is 3.01. The summed E-state index contributed by atoms with van der Waals surface area (Å²) in [5, 5.41) is 17.6. The molecule has 0 bridgehead atoms. The Labute approximate surface area is 103 Å². The van der Waals surface area contributed by atoms with E-state index in [1.165, 1.54) is 0 Å². The number of hydrogen-bond donors (Lipinski definition) is 0. The summed E-state index contributed by atoms with van der Waals surface area (Å²) in [6.45, 7) is 9.83. The predicted octanol–water partition coefficient (Wildman–Crippen LogP) is 2.59. The minimum absolute atomic E-state index is 0.662. The maximum atomic E-state index is 9.25. The first-order valence-electron chi connectivity index (χ1n) is 6.14. The average molecular weight is 232 g/mol. The van der Waals surface area contributed by atoms with Gasteiger partial charge in [-0.05, 0) is 32.8 Å². The van der Waals surface area contributed by atoms with Crippen LogP contribution in [0.5, 0.6) is 0 Å². The molecule has 0 aliphatic rings. The van der Waals surface area contributed by atoms with Crippen molar-refractivity contribution in [3.63, 3.8) is 0 Å². The first-order chi connectivity index (χ1) is 8.15. The number of unbranched alkanes of at least 4 members (excludes halogenated alkanes) is 1. The molecule has 1 heterocycles. The lowest BCUT2D eigenvalue weighted by molar-refractivity contribution is 0.714. The minimum Gasteiger partial charge on any atom is -0.354 e. The number of nitriles is 1. The van der Waals surface area contributed by atoms with Crippen LogP contribution in [0.2, 0.25) is 0 Å². The van der Waals surface area contributed by atoms with Crippen LogP contribution in [-0.4, -0.2) is 23.3 Å². The lowest BCUT2D eigenvalue weighted by Crippen LogP contribution is -2.26. The lowest BCUT2D eigenvalue weighted by atomic mass is 10.1. The Morgan fingerprint density at radius 2 is 1.94 bits per heavy atom. The van der Waals surface area contributed by atoms with Gasteiger partial charge in [-0.3, -0.25) is 0 Å². The Balaban J connectivity index is 3.11. The quantitative estimate of drug-likeness (QED) is 0.783. The van der Waals surface area contributed by atoms with E-state index in [0.717, 1.165) is 43.0 Å². The largest absolute Gasteiger partial charge is 0.354 e. The molecule has 0 aliphatic heterocycles. The van der Waals surface area contributed by atoms with Crippen LogP contribution in [0.1, 0.15) is 43.5 Å². The van der Waals surface area contributed by atoms with Gasteiger partial charge in [-0.25, -0.2) is 0 Å². The summed E-state index contributed by atoms with van der Waals surface area (Å²) in [6, 6.07) is 2.25. The molecule has 1 aromatic heterocycles. The molecule has 0 atom stereocenters. The molecule has 0 amide bonds. The van der Waals surface area contributed by atoms with Crippen LogP contribution in [0.15, 0.2) is 0 Å². The van der Waals surface area contributed by atoms with Crippen molar-refractivity contribution in [2.45, 2.75) is 40.5 Å². The minimum atomic E-state index is 0.662. The van der Waals surface area contributed by atoms with Crippen molar-refractivity contribution < 1.29 is 0 Å². The summed E-state index contributed by atoms with van der Waals surface area (Å²) < 4.78 is 0. The van der Waals surface area contributed by atoms with Crippen molar-refractivity contribution in [2.75, 3.05) is 18.0 Å². The fraction of sp³-hybridized carbons (Fsp3) is 0.615. The summed E-state index contributed by atoms with van der Waals surface area (Å²) >= 11 is 0. The molecule has 0 saturated carbocycles. The van der Waals surface area contributed by atoms with Crippen LogP contribution in [-0.2, 0) is 0 Å². The first-order valence-corrected chi connectivity index (χ1v) is 6.14. The molecule has 0 fully saturated rings. The topological polar surface area (TPSA) is 52.8 Å². The molecule has 0 aromatic carbocycles. The number of rotatable bonds is 5. The van der Waals surface area contributed by atoms with Gasteiger partial charge < -0.3 is 4.90 Å². The van der Waals surface area contributed by atoms with Crippen molar-refractivity contribution in [3.05, 3.63) is 16.8 Å². The summed E-state index contributed by atoms with van der Waals surface area (Å²) in [7, 11) is 0. The van der Waals surface area contributed by atoms with E-state index in [1.807, 2.05) is 13.8 Å². The maximum Gasteiger partial charge on any atom is 0.169 e. The Bertz CT molecular complexity index is 420. The van der Waals surface area contributed by atoms with Gasteiger partial charge in [0.05, 0.1) is 5.69 Å². The van der Waals surface area contributed by atoms with Gasteiger partial charge in [-0.1, -0.05) is 13.3 Å². The monoisotopic (exact) mass is 232 g/mol. The molecule has 0 spiro atoms. The zero-order valence-electron chi connectivity index (χ0n) is 11.1. The zero-order chi connectivity index (χ0) is 12.8. The highest BCUT2D eigenvalue weighted by Gasteiger charge is 2.15. The van der Waals surface area contributed by atoms with E-state index in [2.05, 4.69) is 35.0 Å². The molecule has 0 aliphatic carbocycles. The van der Waals surface area contributed by atoms with Crippen LogP contribution < -0.4 is 4.90 Å². The van der Waals surface area contributed by atoms with Crippen LogP contribution in [0.25, 0.3) is 0 Å². The second-order valence-electron chi connectivity index (χ2n) is 4.15. The number of nitrogens with zero attached hydrogens (tertiary/aromatic N) is 4. The normalized spacial score (nSPS) is 10.1.